The monoisotopic (exact) mass is 412 g/mol. The van der Waals surface area contributed by atoms with E-state index in [4.69, 9.17) is 17.0 Å². The Bertz CT molecular complexity index is 784. The van der Waals surface area contributed by atoms with Crippen LogP contribution in [0.5, 0.6) is 5.75 Å². The molecule has 1 saturated heterocycles. The summed E-state index contributed by atoms with van der Waals surface area (Å²) >= 11 is 5.67. The van der Waals surface area contributed by atoms with Crippen LogP contribution in [-0.2, 0) is 0 Å². The minimum Gasteiger partial charge on any atom is -0.492 e. The molecule has 1 heterocycles. The second kappa shape index (κ2) is 10.3. The highest BCUT2D eigenvalue weighted by Crippen LogP contribution is 2.29. The van der Waals surface area contributed by atoms with Crippen molar-refractivity contribution in [1.82, 2.24) is 4.90 Å². The molecule has 1 aliphatic heterocycles. The standard InChI is InChI=1S/C23H32N4OS/c1-4-25(5-2)20-13-11-19(12-14-20)24-23(29)27-17-15-26(16-18-27)21-9-7-8-10-22(21)28-6-3/h7-14H,4-6,15-18H2,1-3H3,(H,24,29). The molecule has 3 rings (SSSR count). The van der Waals surface area contributed by atoms with E-state index in [0.717, 1.165) is 55.8 Å². The maximum absolute atomic E-state index is 5.79. The lowest BCUT2D eigenvalue weighted by atomic mass is 10.2. The van der Waals surface area contributed by atoms with Crippen molar-refractivity contribution >= 4 is 34.4 Å². The molecule has 2 aromatic rings. The molecule has 0 amide bonds. The number of benzene rings is 2. The molecule has 0 radical (unpaired) electrons. The highest BCUT2D eigenvalue weighted by atomic mass is 32.1. The number of hydrogen-bond acceptors (Lipinski definition) is 4. The molecule has 5 nitrogen and oxygen atoms in total. The molecule has 29 heavy (non-hydrogen) atoms. The van der Waals surface area contributed by atoms with Gasteiger partial charge in [0.1, 0.15) is 5.75 Å². The Labute approximate surface area is 180 Å². The topological polar surface area (TPSA) is 31.0 Å². The van der Waals surface area contributed by atoms with E-state index in [1.807, 2.05) is 19.1 Å². The van der Waals surface area contributed by atoms with Crippen LogP contribution >= 0.6 is 12.2 Å². The first kappa shape index (κ1) is 21.2. The van der Waals surface area contributed by atoms with Gasteiger partial charge < -0.3 is 24.8 Å². The predicted octanol–water partition coefficient (Wildman–Crippen LogP) is 4.45. The van der Waals surface area contributed by atoms with Gasteiger partial charge in [-0.15, -0.1) is 0 Å². The summed E-state index contributed by atoms with van der Waals surface area (Å²) in [5.41, 5.74) is 3.45. The third kappa shape index (κ3) is 5.32. The quantitative estimate of drug-likeness (QED) is 0.676. The van der Waals surface area contributed by atoms with Crippen molar-refractivity contribution in [3.63, 3.8) is 0 Å². The van der Waals surface area contributed by atoms with Crippen molar-refractivity contribution in [1.29, 1.82) is 0 Å². The van der Waals surface area contributed by atoms with Gasteiger partial charge in [0.05, 0.1) is 12.3 Å². The van der Waals surface area contributed by atoms with Gasteiger partial charge in [-0.25, -0.2) is 0 Å². The number of piperazine rings is 1. The second-order valence-corrected chi connectivity index (χ2v) is 7.41. The summed E-state index contributed by atoms with van der Waals surface area (Å²) in [5.74, 6) is 0.956. The first-order valence-electron chi connectivity index (χ1n) is 10.5. The molecule has 6 heteroatoms. The van der Waals surface area contributed by atoms with Gasteiger partial charge in [-0.05, 0) is 69.4 Å². The Hall–Kier alpha value is -2.47. The molecule has 0 saturated carbocycles. The fourth-order valence-electron chi connectivity index (χ4n) is 3.69. The first-order chi connectivity index (χ1) is 14.2. The maximum Gasteiger partial charge on any atom is 0.173 e. The van der Waals surface area contributed by atoms with Gasteiger partial charge >= 0.3 is 0 Å². The number of anilines is 3. The molecule has 1 fully saturated rings. The fraction of sp³-hybridized carbons (Fsp3) is 0.435. The number of para-hydroxylation sites is 2. The van der Waals surface area contributed by atoms with E-state index in [2.05, 4.69) is 70.3 Å². The Kier molecular flexibility index (Phi) is 7.58. The average Bonchev–Trinajstić information content (AvgIpc) is 2.76. The lowest BCUT2D eigenvalue weighted by Gasteiger charge is -2.38. The molecule has 2 aromatic carbocycles. The Morgan fingerprint density at radius 1 is 0.966 bits per heavy atom. The van der Waals surface area contributed by atoms with Crippen molar-refractivity contribution in [2.45, 2.75) is 20.8 Å². The Balaban J connectivity index is 1.55. The zero-order valence-corrected chi connectivity index (χ0v) is 18.5. The summed E-state index contributed by atoms with van der Waals surface area (Å²) in [7, 11) is 0. The highest BCUT2D eigenvalue weighted by molar-refractivity contribution is 7.80. The average molecular weight is 413 g/mol. The van der Waals surface area contributed by atoms with Crippen LogP contribution in [-0.4, -0.2) is 55.9 Å². The summed E-state index contributed by atoms with van der Waals surface area (Å²) in [6.45, 7) is 12.7. The summed E-state index contributed by atoms with van der Waals surface area (Å²) in [6.07, 6.45) is 0. The van der Waals surface area contributed by atoms with Crippen molar-refractivity contribution < 1.29 is 4.74 Å². The van der Waals surface area contributed by atoms with Crippen LogP contribution < -0.4 is 19.9 Å². The Morgan fingerprint density at radius 2 is 1.62 bits per heavy atom. The summed E-state index contributed by atoms with van der Waals surface area (Å²) in [6, 6.07) is 16.8. The van der Waals surface area contributed by atoms with Gasteiger partial charge in [-0.2, -0.15) is 0 Å². The molecule has 1 aliphatic rings. The normalized spacial score (nSPS) is 13.9. The molecule has 0 spiro atoms. The van der Waals surface area contributed by atoms with Crippen molar-refractivity contribution in [2.24, 2.45) is 0 Å². The van der Waals surface area contributed by atoms with E-state index in [1.54, 1.807) is 0 Å². The van der Waals surface area contributed by atoms with Crippen molar-refractivity contribution in [2.75, 3.05) is 61.0 Å². The van der Waals surface area contributed by atoms with Crippen LogP contribution in [0.4, 0.5) is 17.1 Å². The first-order valence-corrected chi connectivity index (χ1v) is 10.9. The molecule has 0 bridgehead atoms. The lowest BCUT2D eigenvalue weighted by Crippen LogP contribution is -2.50. The van der Waals surface area contributed by atoms with E-state index >= 15 is 0 Å². The molecule has 0 aliphatic carbocycles. The van der Waals surface area contributed by atoms with Crippen LogP contribution in [0.2, 0.25) is 0 Å². The highest BCUT2D eigenvalue weighted by Gasteiger charge is 2.21. The second-order valence-electron chi connectivity index (χ2n) is 7.02. The maximum atomic E-state index is 5.79. The van der Waals surface area contributed by atoms with Crippen LogP contribution in [0.15, 0.2) is 48.5 Å². The molecular formula is C23H32N4OS. The van der Waals surface area contributed by atoms with Crippen LogP contribution in [0.3, 0.4) is 0 Å². The molecule has 0 unspecified atom stereocenters. The van der Waals surface area contributed by atoms with E-state index in [0.29, 0.717) is 6.61 Å². The molecular weight excluding hydrogens is 380 g/mol. The molecule has 1 N–H and O–H groups in total. The molecule has 0 atom stereocenters. The lowest BCUT2D eigenvalue weighted by molar-refractivity contribution is 0.336. The summed E-state index contributed by atoms with van der Waals surface area (Å²) < 4.78 is 5.79. The number of rotatable bonds is 7. The van der Waals surface area contributed by atoms with E-state index in [1.165, 1.54) is 11.4 Å². The van der Waals surface area contributed by atoms with Crippen LogP contribution in [0.25, 0.3) is 0 Å². The SMILES string of the molecule is CCOc1ccccc1N1CCN(C(=S)Nc2ccc(N(CC)CC)cc2)CC1. The van der Waals surface area contributed by atoms with E-state index < -0.39 is 0 Å². The molecule has 156 valence electrons. The summed E-state index contributed by atoms with van der Waals surface area (Å²) in [5, 5.41) is 4.19. The number of nitrogens with one attached hydrogen (secondary N) is 1. The number of ether oxygens (including phenoxy) is 1. The van der Waals surface area contributed by atoms with Crippen LogP contribution in [0.1, 0.15) is 20.8 Å². The zero-order valence-electron chi connectivity index (χ0n) is 17.7. The third-order valence-corrected chi connectivity index (χ3v) is 5.68. The van der Waals surface area contributed by atoms with E-state index in [-0.39, 0.29) is 0 Å². The largest absolute Gasteiger partial charge is 0.492 e. The smallest absolute Gasteiger partial charge is 0.173 e. The summed E-state index contributed by atoms with van der Waals surface area (Å²) in [4.78, 5) is 6.96. The van der Waals surface area contributed by atoms with Crippen LogP contribution in [0, 0.1) is 0 Å². The molecule has 0 aromatic heterocycles. The number of nitrogens with zero attached hydrogens (tertiary/aromatic N) is 3. The predicted molar refractivity (Wildman–Crippen MR) is 128 cm³/mol. The van der Waals surface area contributed by atoms with Gasteiger partial charge in [0.25, 0.3) is 0 Å². The Morgan fingerprint density at radius 3 is 2.24 bits per heavy atom. The van der Waals surface area contributed by atoms with Gasteiger partial charge in [0.15, 0.2) is 5.11 Å². The minimum atomic E-state index is 0.679. The van der Waals surface area contributed by atoms with Crippen molar-refractivity contribution in [3.05, 3.63) is 48.5 Å². The minimum absolute atomic E-state index is 0.679. The van der Waals surface area contributed by atoms with Gasteiger partial charge in [0.2, 0.25) is 0 Å². The number of hydrogen-bond donors (Lipinski definition) is 1. The van der Waals surface area contributed by atoms with Gasteiger partial charge in [-0.3, -0.25) is 0 Å². The van der Waals surface area contributed by atoms with Gasteiger partial charge in [-0.1, -0.05) is 12.1 Å². The fourth-order valence-corrected chi connectivity index (χ4v) is 3.99. The van der Waals surface area contributed by atoms with E-state index in [9.17, 15) is 0 Å². The number of thiocarbonyl (C=S) groups is 1. The van der Waals surface area contributed by atoms with Gasteiger partial charge in [0, 0.05) is 50.6 Å². The van der Waals surface area contributed by atoms with Crippen molar-refractivity contribution in [3.8, 4) is 5.75 Å². The zero-order chi connectivity index (χ0) is 20.6. The third-order valence-electron chi connectivity index (χ3n) is 5.32.